The average molecular weight is 391 g/mol. The molecule has 30 heavy (non-hydrogen) atoms. The number of aryl methyl sites for hydroxylation is 1. The van der Waals surface area contributed by atoms with E-state index in [-0.39, 0.29) is 18.0 Å². The second-order valence-corrected chi connectivity index (χ2v) is 7.58. The molecule has 1 aromatic heterocycles. The highest BCUT2D eigenvalue weighted by Gasteiger charge is 2.16. The average Bonchev–Trinajstić information content (AvgIpc) is 3.11. The van der Waals surface area contributed by atoms with Gasteiger partial charge in [-0.15, -0.1) is 0 Å². The van der Waals surface area contributed by atoms with Crippen LogP contribution in [0.3, 0.4) is 0 Å². The van der Waals surface area contributed by atoms with E-state index in [9.17, 15) is 9.59 Å². The molecule has 0 amide bonds. The molecular weight excluding hydrogens is 370 g/mol. The summed E-state index contributed by atoms with van der Waals surface area (Å²) in [7, 11) is 0. The number of carbonyl (C=O) groups excluding carboxylic acids is 2. The quantitative estimate of drug-likeness (QED) is 0.256. The molecule has 0 bridgehead atoms. The standard InChI is InChI=1S/C27H21NO2/c1-2-28-24-10-6-5-9-22(24)23-16-21(13-14-25(23)28)27(30)17-26(29)20-12-11-18-7-3-4-8-19(18)15-20/h3-16H,2,17H2,1H3. The Hall–Kier alpha value is -3.72. The van der Waals surface area contributed by atoms with Gasteiger partial charge < -0.3 is 4.57 Å². The van der Waals surface area contributed by atoms with Crippen LogP contribution in [0.25, 0.3) is 32.6 Å². The molecule has 0 atom stereocenters. The molecular formula is C27H21NO2. The second kappa shape index (κ2) is 7.27. The molecule has 0 unspecified atom stereocenters. The van der Waals surface area contributed by atoms with Crippen LogP contribution in [-0.4, -0.2) is 16.1 Å². The second-order valence-electron chi connectivity index (χ2n) is 7.58. The molecule has 1 heterocycles. The minimum absolute atomic E-state index is 0.129. The Bertz CT molecular complexity index is 1440. The maximum Gasteiger partial charge on any atom is 0.170 e. The molecule has 0 N–H and O–H groups in total. The molecule has 146 valence electrons. The number of aromatic nitrogens is 1. The summed E-state index contributed by atoms with van der Waals surface area (Å²) in [5.41, 5.74) is 3.42. The Morgan fingerprint density at radius 3 is 2.10 bits per heavy atom. The molecule has 5 rings (SSSR count). The monoisotopic (exact) mass is 391 g/mol. The summed E-state index contributed by atoms with van der Waals surface area (Å²) in [6.45, 7) is 2.98. The van der Waals surface area contributed by atoms with Crippen LogP contribution >= 0.6 is 0 Å². The van der Waals surface area contributed by atoms with E-state index < -0.39 is 0 Å². The van der Waals surface area contributed by atoms with Crippen LogP contribution in [0.1, 0.15) is 34.1 Å². The van der Waals surface area contributed by atoms with Gasteiger partial charge >= 0.3 is 0 Å². The third-order valence-electron chi connectivity index (χ3n) is 5.80. The molecule has 0 spiro atoms. The van der Waals surface area contributed by atoms with E-state index in [2.05, 4.69) is 23.6 Å². The summed E-state index contributed by atoms with van der Waals surface area (Å²) >= 11 is 0. The number of Topliss-reactive ketones (excluding diaryl/α,β-unsaturated/α-hetero) is 2. The van der Waals surface area contributed by atoms with Gasteiger partial charge in [-0.1, -0.05) is 54.6 Å². The fourth-order valence-electron chi connectivity index (χ4n) is 4.28. The van der Waals surface area contributed by atoms with Crippen molar-refractivity contribution in [1.29, 1.82) is 0 Å². The van der Waals surface area contributed by atoms with Crippen molar-refractivity contribution in [2.24, 2.45) is 0 Å². The van der Waals surface area contributed by atoms with Crippen LogP contribution < -0.4 is 0 Å². The number of carbonyl (C=O) groups is 2. The number of benzene rings is 4. The lowest BCUT2D eigenvalue weighted by molar-refractivity contribution is 0.0894. The van der Waals surface area contributed by atoms with E-state index in [1.54, 1.807) is 6.07 Å². The van der Waals surface area contributed by atoms with Gasteiger partial charge in [0.2, 0.25) is 0 Å². The molecule has 0 aliphatic carbocycles. The van der Waals surface area contributed by atoms with Gasteiger partial charge in [0.25, 0.3) is 0 Å². The van der Waals surface area contributed by atoms with Gasteiger partial charge in [-0.3, -0.25) is 9.59 Å². The SMILES string of the molecule is CCn1c2ccccc2c2cc(C(=O)CC(=O)c3ccc4ccccc4c3)ccc21. The van der Waals surface area contributed by atoms with E-state index in [1.165, 1.54) is 0 Å². The van der Waals surface area contributed by atoms with Crippen molar-refractivity contribution in [2.45, 2.75) is 19.9 Å². The maximum absolute atomic E-state index is 12.9. The van der Waals surface area contributed by atoms with Crippen molar-refractivity contribution in [1.82, 2.24) is 4.57 Å². The largest absolute Gasteiger partial charge is 0.341 e. The molecule has 4 aromatic carbocycles. The summed E-state index contributed by atoms with van der Waals surface area (Å²) in [5, 5.41) is 4.27. The zero-order valence-corrected chi connectivity index (χ0v) is 16.8. The molecule has 0 aliphatic rings. The topological polar surface area (TPSA) is 39.1 Å². The van der Waals surface area contributed by atoms with E-state index in [0.29, 0.717) is 11.1 Å². The lowest BCUT2D eigenvalue weighted by Gasteiger charge is -2.05. The molecule has 0 aliphatic heterocycles. The van der Waals surface area contributed by atoms with Gasteiger partial charge in [0.05, 0.1) is 6.42 Å². The fraction of sp³-hybridized carbons (Fsp3) is 0.111. The Morgan fingerprint density at radius 2 is 1.30 bits per heavy atom. The van der Waals surface area contributed by atoms with Crippen LogP contribution in [-0.2, 0) is 6.54 Å². The first kappa shape index (κ1) is 18.3. The summed E-state index contributed by atoms with van der Waals surface area (Å²) in [4.78, 5) is 25.7. The van der Waals surface area contributed by atoms with E-state index in [4.69, 9.17) is 0 Å². The lowest BCUT2D eigenvalue weighted by Crippen LogP contribution is -2.08. The summed E-state index contributed by atoms with van der Waals surface area (Å²) < 4.78 is 2.25. The smallest absolute Gasteiger partial charge is 0.170 e. The van der Waals surface area contributed by atoms with Crippen molar-refractivity contribution in [2.75, 3.05) is 0 Å². The first-order valence-corrected chi connectivity index (χ1v) is 10.2. The van der Waals surface area contributed by atoms with Crippen molar-refractivity contribution in [3.8, 4) is 0 Å². The number of fused-ring (bicyclic) bond motifs is 4. The van der Waals surface area contributed by atoms with E-state index in [1.807, 2.05) is 66.7 Å². The number of hydrogen-bond donors (Lipinski definition) is 0. The summed E-state index contributed by atoms with van der Waals surface area (Å²) in [5.74, 6) is -0.301. The van der Waals surface area contributed by atoms with Crippen LogP contribution in [0, 0.1) is 0 Å². The first-order chi connectivity index (χ1) is 14.7. The van der Waals surface area contributed by atoms with Crippen molar-refractivity contribution < 1.29 is 9.59 Å². The third-order valence-corrected chi connectivity index (χ3v) is 5.80. The molecule has 3 heteroatoms. The third kappa shape index (κ3) is 3.00. The van der Waals surface area contributed by atoms with Gasteiger partial charge in [-0.05, 0) is 48.0 Å². The highest BCUT2D eigenvalue weighted by molar-refractivity contribution is 6.16. The number of nitrogens with zero attached hydrogens (tertiary/aromatic N) is 1. The minimum Gasteiger partial charge on any atom is -0.341 e. The Balaban J connectivity index is 1.48. The van der Waals surface area contributed by atoms with Crippen molar-refractivity contribution in [3.63, 3.8) is 0 Å². The van der Waals surface area contributed by atoms with Gasteiger partial charge in [-0.25, -0.2) is 0 Å². The molecule has 0 saturated carbocycles. The number of hydrogen-bond acceptors (Lipinski definition) is 2. The summed E-state index contributed by atoms with van der Waals surface area (Å²) in [6, 6.07) is 27.5. The Morgan fingerprint density at radius 1 is 0.667 bits per heavy atom. The highest BCUT2D eigenvalue weighted by atomic mass is 16.1. The Labute approximate surface area is 174 Å². The number of ketones is 2. The van der Waals surface area contributed by atoms with Crippen LogP contribution in [0.4, 0.5) is 0 Å². The molecule has 0 fully saturated rings. The lowest BCUT2D eigenvalue weighted by atomic mass is 9.98. The van der Waals surface area contributed by atoms with Crippen LogP contribution in [0.15, 0.2) is 84.9 Å². The van der Waals surface area contributed by atoms with E-state index in [0.717, 1.165) is 39.1 Å². The number of para-hydroxylation sites is 1. The van der Waals surface area contributed by atoms with Gasteiger partial charge in [0.1, 0.15) is 0 Å². The molecule has 0 radical (unpaired) electrons. The molecule has 3 nitrogen and oxygen atoms in total. The first-order valence-electron chi connectivity index (χ1n) is 10.2. The minimum atomic E-state index is -0.151. The Kier molecular flexibility index (Phi) is 4.44. The van der Waals surface area contributed by atoms with Gasteiger partial charge in [0.15, 0.2) is 11.6 Å². The number of rotatable bonds is 5. The maximum atomic E-state index is 12.9. The van der Waals surface area contributed by atoms with E-state index >= 15 is 0 Å². The molecule has 0 saturated heterocycles. The van der Waals surface area contributed by atoms with Crippen LogP contribution in [0.2, 0.25) is 0 Å². The predicted octanol–water partition coefficient (Wildman–Crippen LogP) is 6.42. The zero-order valence-electron chi connectivity index (χ0n) is 16.8. The zero-order chi connectivity index (χ0) is 20.7. The normalized spacial score (nSPS) is 11.4. The van der Waals surface area contributed by atoms with Crippen molar-refractivity contribution in [3.05, 3.63) is 96.1 Å². The fourth-order valence-corrected chi connectivity index (χ4v) is 4.28. The molecule has 5 aromatic rings. The van der Waals surface area contributed by atoms with Gasteiger partial charge in [-0.2, -0.15) is 0 Å². The van der Waals surface area contributed by atoms with Crippen LogP contribution in [0.5, 0.6) is 0 Å². The van der Waals surface area contributed by atoms with Crippen molar-refractivity contribution >= 4 is 44.1 Å². The van der Waals surface area contributed by atoms with Gasteiger partial charge in [0, 0.05) is 39.5 Å². The predicted molar refractivity (Wildman–Crippen MR) is 122 cm³/mol. The highest BCUT2D eigenvalue weighted by Crippen LogP contribution is 2.30. The summed E-state index contributed by atoms with van der Waals surface area (Å²) in [6.07, 6.45) is -0.129.